The molecule has 1 N–H and O–H groups in total. The van der Waals surface area contributed by atoms with Crippen LogP contribution in [-0.2, 0) is 9.84 Å². The molecule has 0 bridgehead atoms. The molecule has 4 aromatic rings. The molecule has 168 valence electrons. The summed E-state index contributed by atoms with van der Waals surface area (Å²) in [5.41, 5.74) is 3.34. The molecule has 0 spiro atoms. The Bertz CT molecular complexity index is 1480. The number of carbonyl (C=O) groups is 1. The summed E-state index contributed by atoms with van der Waals surface area (Å²) < 4.78 is 30.7. The summed E-state index contributed by atoms with van der Waals surface area (Å²) in [6.45, 7) is 0. The third-order valence-corrected chi connectivity index (χ3v) is 6.68. The number of ether oxygens (including phenoxy) is 1. The highest BCUT2D eigenvalue weighted by molar-refractivity contribution is 7.90. The Hall–Kier alpha value is -3.43. The van der Waals surface area contributed by atoms with E-state index in [1.807, 2.05) is 18.2 Å². The molecule has 2 aromatic carbocycles. The van der Waals surface area contributed by atoms with Crippen molar-refractivity contribution in [3.63, 3.8) is 0 Å². The molecule has 1 aliphatic carbocycles. The van der Waals surface area contributed by atoms with E-state index in [1.165, 1.54) is 18.3 Å². The summed E-state index contributed by atoms with van der Waals surface area (Å²) in [5.74, 6) is 0.575. The Kier molecular flexibility index (Phi) is 5.30. The quantitative estimate of drug-likeness (QED) is 0.432. The summed E-state index contributed by atoms with van der Waals surface area (Å²) in [6.07, 6.45) is 3.90. The lowest BCUT2D eigenvalue weighted by atomic mass is 10.1. The van der Waals surface area contributed by atoms with Crippen molar-refractivity contribution in [3.05, 3.63) is 71.5 Å². The normalized spacial score (nSPS) is 13.8. The highest BCUT2D eigenvalue weighted by Crippen LogP contribution is 2.41. The topological polar surface area (TPSA) is 103 Å². The van der Waals surface area contributed by atoms with Gasteiger partial charge in [-0.3, -0.25) is 5.32 Å². The van der Waals surface area contributed by atoms with Crippen LogP contribution < -0.4 is 10.1 Å². The zero-order chi connectivity index (χ0) is 23.2. The number of aromatic nitrogens is 3. The molecular weight excluding hydrogens is 464 g/mol. The van der Waals surface area contributed by atoms with Crippen molar-refractivity contribution in [1.29, 1.82) is 0 Å². The van der Waals surface area contributed by atoms with Crippen LogP contribution in [0.4, 0.5) is 10.5 Å². The van der Waals surface area contributed by atoms with Gasteiger partial charge in [-0.15, -0.1) is 0 Å². The number of hydrogen-bond acceptors (Lipinski definition) is 6. The minimum absolute atomic E-state index is 0.0969. The van der Waals surface area contributed by atoms with Gasteiger partial charge in [0.1, 0.15) is 0 Å². The molecule has 10 heteroatoms. The lowest BCUT2D eigenvalue weighted by molar-refractivity contribution is 0.215. The van der Waals surface area contributed by atoms with E-state index < -0.39 is 15.9 Å². The van der Waals surface area contributed by atoms with Gasteiger partial charge < -0.3 is 4.74 Å². The molecule has 33 heavy (non-hydrogen) atoms. The molecule has 0 radical (unpaired) electrons. The zero-order valence-corrected chi connectivity index (χ0v) is 19.1. The lowest BCUT2D eigenvalue weighted by Gasteiger charge is -2.09. The van der Waals surface area contributed by atoms with Crippen LogP contribution in [-0.4, -0.2) is 35.4 Å². The molecule has 0 unspecified atom stereocenters. The highest BCUT2D eigenvalue weighted by atomic mass is 35.5. The molecule has 1 aliphatic rings. The number of halogens is 1. The second kappa shape index (κ2) is 8.17. The number of anilines is 1. The maximum absolute atomic E-state index is 12.5. The second-order valence-corrected chi connectivity index (χ2v) is 10.4. The first-order chi connectivity index (χ1) is 15.8. The predicted molar refractivity (Wildman–Crippen MR) is 125 cm³/mol. The molecule has 2 heterocycles. The van der Waals surface area contributed by atoms with Gasteiger partial charge in [-0.1, -0.05) is 29.8 Å². The molecule has 5 rings (SSSR count). The number of benzene rings is 2. The largest absolute Gasteiger partial charge is 0.417 e. The van der Waals surface area contributed by atoms with Crippen molar-refractivity contribution in [1.82, 2.24) is 14.6 Å². The van der Waals surface area contributed by atoms with E-state index in [-0.39, 0.29) is 10.6 Å². The summed E-state index contributed by atoms with van der Waals surface area (Å²) in [6, 6.07) is 15.3. The number of nitrogens with one attached hydrogen (secondary N) is 1. The lowest BCUT2D eigenvalue weighted by Crippen LogP contribution is -2.17. The van der Waals surface area contributed by atoms with Gasteiger partial charge in [-0.2, -0.15) is 5.10 Å². The number of nitrogens with zero attached hydrogens (tertiary/aromatic N) is 3. The third-order valence-electron chi connectivity index (χ3n) is 5.31. The second-order valence-electron chi connectivity index (χ2n) is 7.91. The smallest absolute Gasteiger partial charge is 0.404 e. The minimum Gasteiger partial charge on any atom is -0.404 e. The number of rotatable bonds is 5. The SMILES string of the molecule is CS(=O)(=O)c1cccc(NC(=O)Oc2cnn3c(C4CC4)cc(-c4ccc(Cl)cc4)nc23)c1. The predicted octanol–water partition coefficient (Wildman–Crippen LogP) is 4.94. The van der Waals surface area contributed by atoms with Gasteiger partial charge in [-0.05, 0) is 49.2 Å². The van der Waals surface area contributed by atoms with Crippen LogP contribution in [0.25, 0.3) is 16.9 Å². The number of fused-ring (bicyclic) bond motifs is 1. The molecule has 1 fully saturated rings. The average Bonchev–Trinajstić information content (AvgIpc) is 3.55. The van der Waals surface area contributed by atoms with E-state index >= 15 is 0 Å². The van der Waals surface area contributed by atoms with Crippen molar-refractivity contribution in [2.75, 3.05) is 11.6 Å². The van der Waals surface area contributed by atoms with E-state index in [0.717, 1.165) is 36.0 Å². The standard InChI is InChI=1S/C23H19ClN4O4S/c1-33(30,31)18-4-2-3-17(11-18)26-23(29)32-21-13-25-28-20(15-5-6-15)12-19(27-22(21)28)14-7-9-16(24)10-8-14/h2-4,7-13,15H,5-6H2,1H3,(H,26,29). The van der Waals surface area contributed by atoms with Gasteiger partial charge in [0.15, 0.2) is 21.2 Å². The Labute approximate surface area is 195 Å². The maximum atomic E-state index is 12.5. The third kappa shape index (κ3) is 4.55. The Balaban J connectivity index is 1.46. The van der Waals surface area contributed by atoms with E-state index in [9.17, 15) is 13.2 Å². The average molecular weight is 483 g/mol. The van der Waals surface area contributed by atoms with Crippen LogP contribution in [0.5, 0.6) is 5.75 Å². The van der Waals surface area contributed by atoms with Crippen LogP contribution in [0.3, 0.4) is 0 Å². The van der Waals surface area contributed by atoms with Crippen LogP contribution in [0, 0.1) is 0 Å². The minimum atomic E-state index is -3.40. The zero-order valence-electron chi connectivity index (χ0n) is 17.5. The van der Waals surface area contributed by atoms with Crippen molar-refractivity contribution >= 4 is 38.9 Å². The van der Waals surface area contributed by atoms with Gasteiger partial charge in [0.2, 0.25) is 0 Å². The molecule has 1 saturated carbocycles. The molecular formula is C23H19ClN4O4S. The molecule has 2 aromatic heterocycles. The number of amides is 1. The van der Waals surface area contributed by atoms with Crippen LogP contribution >= 0.6 is 11.6 Å². The van der Waals surface area contributed by atoms with E-state index in [2.05, 4.69) is 15.4 Å². The molecule has 8 nitrogen and oxygen atoms in total. The van der Waals surface area contributed by atoms with Gasteiger partial charge in [-0.25, -0.2) is 22.7 Å². The highest BCUT2D eigenvalue weighted by Gasteiger charge is 2.29. The van der Waals surface area contributed by atoms with Crippen molar-refractivity contribution in [2.45, 2.75) is 23.7 Å². The summed E-state index contributed by atoms with van der Waals surface area (Å²) >= 11 is 6.02. The van der Waals surface area contributed by atoms with Crippen molar-refractivity contribution in [3.8, 4) is 17.0 Å². The first-order valence-corrected chi connectivity index (χ1v) is 12.5. The van der Waals surface area contributed by atoms with Crippen LogP contribution in [0.15, 0.2) is 65.7 Å². The fraction of sp³-hybridized carbons (Fsp3) is 0.174. The first-order valence-electron chi connectivity index (χ1n) is 10.2. The summed E-state index contributed by atoms with van der Waals surface area (Å²) in [7, 11) is -3.40. The Morgan fingerprint density at radius 2 is 1.91 bits per heavy atom. The van der Waals surface area contributed by atoms with Crippen molar-refractivity contribution in [2.24, 2.45) is 0 Å². The van der Waals surface area contributed by atoms with Gasteiger partial charge in [0.25, 0.3) is 0 Å². The van der Waals surface area contributed by atoms with Crippen LogP contribution in [0.2, 0.25) is 5.02 Å². The monoisotopic (exact) mass is 482 g/mol. The molecule has 0 saturated heterocycles. The van der Waals surface area contributed by atoms with Gasteiger partial charge in [0, 0.05) is 34.1 Å². The van der Waals surface area contributed by atoms with E-state index in [4.69, 9.17) is 16.3 Å². The van der Waals surface area contributed by atoms with Crippen LogP contribution in [0.1, 0.15) is 24.5 Å². The number of carbonyl (C=O) groups excluding carboxylic acids is 1. The molecule has 0 atom stereocenters. The van der Waals surface area contributed by atoms with Gasteiger partial charge >= 0.3 is 6.09 Å². The fourth-order valence-electron chi connectivity index (χ4n) is 3.52. The summed E-state index contributed by atoms with van der Waals surface area (Å²) in [4.78, 5) is 17.3. The molecule has 1 amide bonds. The number of hydrogen-bond donors (Lipinski definition) is 1. The summed E-state index contributed by atoms with van der Waals surface area (Å²) in [5, 5.41) is 7.57. The first kappa shape index (κ1) is 21.4. The maximum Gasteiger partial charge on any atom is 0.417 e. The Morgan fingerprint density at radius 1 is 1.15 bits per heavy atom. The van der Waals surface area contributed by atoms with E-state index in [0.29, 0.717) is 22.3 Å². The van der Waals surface area contributed by atoms with Gasteiger partial charge in [0.05, 0.1) is 16.8 Å². The molecule has 0 aliphatic heterocycles. The van der Waals surface area contributed by atoms with E-state index in [1.54, 1.807) is 28.8 Å². The number of sulfone groups is 1. The Morgan fingerprint density at radius 3 is 2.61 bits per heavy atom. The van der Waals surface area contributed by atoms with Crippen molar-refractivity contribution < 1.29 is 17.9 Å². The fourth-order valence-corrected chi connectivity index (χ4v) is 4.32.